The summed E-state index contributed by atoms with van der Waals surface area (Å²) in [5.74, 6) is -1.17. The summed E-state index contributed by atoms with van der Waals surface area (Å²) in [7, 11) is 0. The van der Waals surface area contributed by atoms with Gasteiger partial charge in [-0.2, -0.15) is 0 Å². The number of nitrogens with two attached hydrogens (primary N) is 3. The summed E-state index contributed by atoms with van der Waals surface area (Å²) in [6.45, 7) is 0.0866. The van der Waals surface area contributed by atoms with Crippen LogP contribution in [0.1, 0.15) is 6.42 Å². The van der Waals surface area contributed by atoms with Crippen LogP contribution < -0.4 is 22.2 Å². The van der Waals surface area contributed by atoms with Crippen LogP contribution in [0.4, 0.5) is 0 Å². The Bertz CT molecular complexity index is 202. The highest BCUT2D eigenvalue weighted by atomic mass is 16.4. The molecule has 0 aromatic heterocycles. The fraction of sp³-hybridized carbons (Fsp3) is 0.667. The van der Waals surface area contributed by atoms with Gasteiger partial charge in [0, 0.05) is 6.42 Å². The molecule has 76 valence electrons. The normalized spacial score (nSPS) is 14.6. The molecule has 0 unspecified atom stereocenters. The van der Waals surface area contributed by atoms with Crippen LogP contribution in [-0.4, -0.2) is 40.8 Å². The lowest BCUT2D eigenvalue weighted by molar-refractivity contribution is -0.471. The van der Waals surface area contributed by atoms with Gasteiger partial charge in [0.25, 0.3) is 0 Å². The minimum Gasteiger partial charge on any atom is -0.480 e. The van der Waals surface area contributed by atoms with Crippen LogP contribution >= 0.6 is 0 Å². The molecule has 0 aliphatic carbocycles. The number of aliphatic hydroxyl groups is 1. The molecule has 0 saturated carbocycles. The molecule has 0 saturated heterocycles. The van der Waals surface area contributed by atoms with E-state index < -0.39 is 18.1 Å². The van der Waals surface area contributed by atoms with E-state index >= 15 is 0 Å². The van der Waals surface area contributed by atoms with Crippen molar-refractivity contribution in [2.24, 2.45) is 17.2 Å². The summed E-state index contributed by atoms with van der Waals surface area (Å²) in [6, 6.07) is -1.07. The van der Waals surface area contributed by atoms with E-state index in [0.717, 1.165) is 0 Å². The van der Waals surface area contributed by atoms with Crippen molar-refractivity contribution in [3.8, 4) is 0 Å². The molecule has 0 radical (unpaired) electrons. The Morgan fingerprint density at radius 3 is 2.38 bits per heavy atom. The van der Waals surface area contributed by atoms with E-state index in [0.29, 0.717) is 0 Å². The lowest BCUT2D eigenvalue weighted by Gasteiger charge is -2.09. The van der Waals surface area contributed by atoms with Gasteiger partial charge in [0.2, 0.25) is 0 Å². The molecule has 0 amide bonds. The third-order valence-corrected chi connectivity index (χ3v) is 1.39. The number of rotatable bonds is 5. The zero-order chi connectivity index (χ0) is 10.4. The van der Waals surface area contributed by atoms with Crippen molar-refractivity contribution in [3.63, 3.8) is 0 Å². The van der Waals surface area contributed by atoms with E-state index in [1.807, 2.05) is 0 Å². The quantitative estimate of drug-likeness (QED) is 0.190. The average Bonchev–Trinajstić information content (AvgIpc) is 2.00. The van der Waals surface area contributed by atoms with Gasteiger partial charge in [0.05, 0.1) is 12.6 Å². The van der Waals surface area contributed by atoms with E-state index in [-0.39, 0.29) is 18.9 Å². The molecule has 13 heavy (non-hydrogen) atoms. The van der Waals surface area contributed by atoms with Crippen LogP contribution in [0.3, 0.4) is 0 Å². The molecular formula is C6H15N4O3+. The molecule has 0 spiro atoms. The number of carbonyl (C=O) groups is 1. The van der Waals surface area contributed by atoms with Crippen molar-refractivity contribution in [1.82, 2.24) is 0 Å². The van der Waals surface area contributed by atoms with Crippen LogP contribution in [-0.2, 0) is 4.79 Å². The molecule has 2 atom stereocenters. The molecule has 0 aromatic rings. The molecule has 0 aliphatic heterocycles. The predicted octanol–water partition coefficient (Wildman–Crippen LogP) is -4.50. The number of hydrogen-bond acceptors (Lipinski definition) is 3. The maximum Gasteiger partial charge on any atom is 0.338 e. The van der Waals surface area contributed by atoms with Gasteiger partial charge in [-0.05, 0) is 0 Å². The Morgan fingerprint density at radius 1 is 1.46 bits per heavy atom. The number of guanidine groups is 1. The minimum absolute atomic E-state index is 0.0250. The molecule has 0 aliphatic rings. The molecular weight excluding hydrogens is 176 g/mol. The van der Waals surface area contributed by atoms with E-state index in [4.69, 9.17) is 22.3 Å². The van der Waals surface area contributed by atoms with Crippen LogP contribution in [0.5, 0.6) is 0 Å². The summed E-state index contributed by atoms with van der Waals surface area (Å²) in [5, 5.41) is 17.6. The Balaban J connectivity index is 3.80. The highest BCUT2D eigenvalue weighted by molar-refractivity contribution is 5.73. The fourth-order valence-corrected chi connectivity index (χ4v) is 0.713. The van der Waals surface area contributed by atoms with Gasteiger partial charge >= 0.3 is 11.9 Å². The zero-order valence-corrected chi connectivity index (χ0v) is 7.10. The van der Waals surface area contributed by atoms with E-state index in [1.165, 1.54) is 0 Å². The molecule has 0 fully saturated rings. The molecule has 9 N–H and O–H groups in total. The van der Waals surface area contributed by atoms with E-state index in [1.54, 1.807) is 0 Å². The highest BCUT2D eigenvalue weighted by Crippen LogP contribution is 1.93. The Morgan fingerprint density at radius 2 is 2.00 bits per heavy atom. The molecule has 0 rings (SSSR count). The average molecular weight is 191 g/mol. The number of hydrogen-bond donors (Lipinski definition) is 6. The summed E-state index contributed by atoms with van der Waals surface area (Å²) in [5.41, 5.74) is 15.3. The number of carboxylic acid groups (broad SMARTS) is 1. The minimum atomic E-state index is -1.15. The van der Waals surface area contributed by atoms with Crippen molar-refractivity contribution in [2.45, 2.75) is 18.6 Å². The predicted molar refractivity (Wildman–Crippen MR) is 45.4 cm³/mol. The van der Waals surface area contributed by atoms with Crippen molar-refractivity contribution >= 4 is 11.9 Å². The maximum absolute atomic E-state index is 10.3. The highest BCUT2D eigenvalue weighted by Gasteiger charge is 2.16. The summed E-state index contributed by atoms with van der Waals surface area (Å²) in [6.07, 6.45) is -0.927. The first-order valence-electron chi connectivity index (χ1n) is 3.71. The SMILES string of the molecule is NC(N)=[NH+]C[C@H](O)C[C@H](N)C(=O)O. The topological polar surface area (TPSA) is 150 Å². The Kier molecular flexibility index (Phi) is 4.78. The lowest BCUT2D eigenvalue weighted by Crippen LogP contribution is -2.80. The van der Waals surface area contributed by atoms with Gasteiger partial charge < -0.3 is 15.9 Å². The third-order valence-electron chi connectivity index (χ3n) is 1.39. The first-order chi connectivity index (χ1) is 5.93. The number of nitrogens with one attached hydrogen (secondary N) is 1. The van der Waals surface area contributed by atoms with Crippen LogP contribution in [0.25, 0.3) is 0 Å². The number of aliphatic hydroxyl groups excluding tert-OH is 1. The van der Waals surface area contributed by atoms with Gasteiger partial charge in [-0.3, -0.25) is 21.3 Å². The summed E-state index contributed by atoms with van der Waals surface area (Å²) < 4.78 is 0. The maximum atomic E-state index is 10.3. The zero-order valence-electron chi connectivity index (χ0n) is 7.10. The molecule has 7 heteroatoms. The molecule has 0 bridgehead atoms. The van der Waals surface area contributed by atoms with Crippen molar-refractivity contribution in [2.75, 3.05) is 6.54 Å². The van der Waals surface area contributed by atoms with Gasteiger partial charge in [-0.1, -0.05) is 0 Å². The van der Waals surface area contributed by atoms with Gasteiger partial charge in [0.15, 0.2) is 0 Å². The van der Waals surface area contributed by atoms with Gasteiger partial charge in [-0.15, -0.1) is 0 Å². The fourth-order valence-electron chi connectivity index (χ4n) is 0.713. The number of aliphatic carboxylic acids is 1. The first kappa shape index (κ1) is 11.7. The van der Waals surface area contributed by atoms with Gasteiger partial charge in [0.1, 0.15) is 6.04 Å². The molecule has 0 heterocycles. The second-order valence-corrected chi connectivity index (χ2v) is 2.67. The van der Waals surface area contributed by atoms with E-state index in [2.05, 4.69) is 4.99 Å². The Hall–Kier alpha value is -1.34. The van der Waals surface area contributed by atoms with Crippen molar-refractivity contribution < 1.29 is 20.0 Å². The monoisotopic (exact) mass is 191 g/mol. The molecule has 0 aromatic carbocycles. The largest absolute Gasteiger partial charge is 0.480 e. The number of carboxylic acids is 1. The third kappa shape index (κ3) is 5.88. The van der Waals surface area contributed by atoms with Crippen LogP contribution in [0.2, 0.25) is 0 Å². The second kappa shape index (κ2) is 5.33. The van der Waals surface area contributed by atoms with Crippen molar-refractivity contribution in [1.29, 1.82) is 0 Å². The smallest absolute Gasteiger partial charge is 0.338 e. The van der Waals surface area contributed by atoms with Crippen LogP contribution in [0.15, 0.2) is 0 Å². The second-order valence-electron chi connectivity index (χ2n) is 2.67. The standard InChI is InChI=1S/C6H14N4O3/c7-4(5(12)13)1-3(11)2-10-6(8)9/h3-4,11H,1-2,7H2,(H,12,13)(H4,8,9,10)/p+1/t3-,4+/m1/s1. The first-order valence-corrected chi connectivity index (χ1v) is 3.71. The van der Waals surface area contributed by atoms with Crippen molar-refractivity contribution in [3.05, 3.63) is 0 Å². The lowest BCUT2D eigenvalue weighted by atomic mass is 10.1. The summed E-state index contributed by atoms with van der Waals surface area (Å²) in [4.78, 5) is 12.7. The van der Waals surface area contributed by atoms with Gasteiger partial charge in [-0.25, -0.2) is 0 Å². The molecule has 7 nitrogen and oxygen atoms in total. The van der Waals surface area contributed by atoms with Crippen LogP contribution in [0, 0.1) is 0 Å². The van der Waals surface area contributed by atoms with E-state index in [9.17, 15) is 9.90 Å². The Labute approximate surface area is 75.2 Å². The summed E-state index contributed by atoms with van der Waals surface area (Å²) >= 11 is 0.